The van der Waals surface area contributed by atoms with E-state index in [9.17, 15) is 8.78 Å². The third-order valence-corrected chi connectivity index (χ3v) is 3.82. The Kier molecular flexibility index (Phi) is 5.53. The van der Waals surface area contributed by atoms with Gasteiger partial charge < -0.3 is 10.6 Å². The van der Waals surface area contributed by atoms with Crippen LogP contribution in [0.2, 0.25) is 0 Å². The van der Waals surface area contributed by atoms with Gasteiger partial charge >= 0.3 is 0 Å². The van der Waals surface area contributed by atoms with Gasteiger partial charge in [-0.2, -0.15) is 0 Å². The fourth-order valence-electron chi connectivity index (χ4n) is 2.53. The van der Waals surface area contributed by atoms with Crippen molar-refractivity contribution in [1.82, 2.24) is 10.6 Å². The second kappa shape index (κ2) is 7.38. The molecule has 5 heteroatoms. The number of benzene rings is 1. The van der Waals surface area contributed by atoms with Crippen LogP contribution in [0, 0.1) is 17.6 Å². The van der Waals surface area contributed by atoms with Gasteiger partial charge in [-0.15, -0.1) is 0 Å². The Morgan fingerprint density at radius 1 is 1.38 bits per heavy atom. The SMILES string of the molecule is CCCC1CC1NC(=NC)NCCc1cc(F)ccc1F. The van der Waals surface area contributed by atoms with Crippen molar-refractivity contribution >= 4 is 5.96 Å². The summed E-state index contributed by atoms with van der Waals surface area (Å²) in [7, 11) is 1.72. The molecule has 3 nitrogen and oxygen atoms in total. The lowest BCUT2D eigenvalue weighted by atomic mass is 10.1. The molecule has 116 valence electrons. The predicted octanol–water partition coefficient (Wildman–Crippen LogP) is 2.86. The van der Waals surface area contributed by atoms with E-state index in [2.05, 4.69) is 22.5 Å². The van der Waals surface area contributed by atoms with Crippen LogP contribution >= 0.6 is 0 Å². The molecule has 0 heterocycles. The van der Waals surface area contributed by atoms with E-state index in [1.807, 2.05) is 0 Å². The molecule has 2 atom stereocenters. The molecule has 0 radical (unpaired) electrons. The van der Waals surface area contributed by atoms with Crippen molar-refractivity contribution in [2.45, 2.75) is 38.6 Å². The Bertz CT molecular complexity index is 502. The average Bonchev–Trinajstić information content (AvgIpc) is 3.20. The minimum atomic E-state index is -0.408. The van der Waals surface area contributed by atoms with Crippen molar-refractivity contribution in [1.29, 1.82) is 0 Å². The van der Waals surface area contributed by atoms with E-state index in [-0.39, 0.29) is 5.82 Å². The number of hydrogen-bond acceptors (Lipinski definition) is 1. The number of aliphatic imine (C=N–C) groups is 1. The molecule has 2 unspecified atom stereocenters. The summed E-state index contributed by atoms with van der Waals surface area (Å²) in [6.07, 6.45) is 4.05. The normalized spacial score (nSPS) is 21.2. The first-order valence-electron chi connectivity index (χ1n) is 7.55. The number of nitrogens with zero attached hydrogens (tertiary/aromatic N) is 1. The molecular weight excluding hydrogens is 272 g/mol. The first kappa shape index (κ1) is 15.7. The maximum absolute atomic E-state index is 13.5. The number of rotatable bonds is 6. The molecule has 0 spiro atoms. The minimum absolute atomic E-state index is 0.369. The van der Waals surface area contributed by atoms with E-state index >= 15 is 0 Å². The molecule has 0 bridgehead atoms. The van der Waals surface area contributed by atoms with Crippen LogP contribution in [0.4, 0.5) is 8.78 Å². The summed E-state index contributed by atoms with van der Waals surface area (Å²) in [5.74, 6) is 0.699. The number of nitrogens with one attached hydrogen (secondary N) is 2. The van der Waals surface area contributed by atoms with Gasteiger partial charge in [-0.3, -0.25) is 4.99 Å². The van der Waals surface area contributed by atoms with E-state index in [1.165, 1.54) is 25.3 Å². The maximum atomic E-state index is 13.5. The number of halogens is 2. The number of hydrogen-bond donors (Lipinski definition) is 2. The molecule has 2 rings (SSSR count). The summed E-state index contributed by atoms with van der Waals surface area (Å²) >= 11 is 0. The van der Waals surface area contributed by atoms with Gasteiger partial charge in [0.1, 0.15) is 11.6 Å². The van der Waals surface area contributed by atoms with Crippen molar-refractivity contribution < 1.29 is 8.78 Å². The first-order valence-corrected chi connectivity index (χ1v) is 7.55. The summed E-state index contributed by atoms with van der Waals surface area (Å²) in [5, 5.41) is 6.51. The highest BCUT2D eigenvalue weighted by atomic mass is 19.1. The van der Waals surface area contributed by atoms with E-state index in [0.717, 1.165) is 24.0 Å². The molecule has 0 aliphatic heterocycles. The van der Waals surface area contributed by atoms with Gasteiger partial charge in [-0.05, 0) is 48.9 Å². The lowest BCUT2D eigenvalue weighted by Gasteiger charge is -2.12. The minimum Gasteiger partial charge on any atom is -0.356 e. The summed E-state index contributed by atoms with van der Waals surface area (Å²) in [6, 6.07) is 4.04. The monoisotopic (exact) mass is 295 g/mol. The highest BCUT2D eigenvalue weighted by Crippen LogP contribution is 2.34. The third-order valence-electron chi connectivity index (χ3n) is 3.82. The Morgan fingerprint density at radius 3 is 2.90 bits per heavy atom. The molecule has 1 aromatic carbocycles. The van der Waals surface area contributed by atoms with Crippen molar-refractivity contribution in [3.8, 4) is 0 Å². The van der Waals surface area contributed by atoms with E-state index < -0.39 is 5.82 Å². The molecule has 1 fully saturated rings. The molecular formula is C16H23F2N3. The molecule has 0 amide bonds. The molecule has 1 aliphatic rings. The fraction of sp³-hybridized carbons (Fsp3) is 0.562. The summed E-state index contributed by atoms with van der Waals surface area (Å²) < 4.78 is 26.6. The van der Waals surface area contributed by atoms with Gasteiger partial charge in [0.05, 0.1) is 0 Å². The topological polar surface area (TPSA) is 36.4 Å². The van der Waals surface area contributed by atoms with Gasteiger partial charge in [0.2, 0.25) is 0 Å². The van der Waals surface area contributed by atoms with Crippen LogP contribution in [-0.2, 0) is 6.42 Å². The zero-order chi connectivity index (χ0) is 15.2. The van der Waals surface area contributed by atoms with Crippen molar-refractivity contribution in [3.63, 3.8) is 0 Å². The van der Waals surface area contributed by atoms with E-state index in [0.29, 0.717) is 24.6 Å². The van der Waals surface area contributed by atoms with Crippen molar-refractivity contribution in [2.75, 3.05) is 13.6 Å². The summed E-state index contributed by atoms with van der Waals surface area (Å²) in [5.41, 5.74) is 0.383. The Labute approximate surface area is 124 Å². The van der Waals surface area contributed by atoms with Crippen LogP contribution in [0.3, 0.4) is 0 Å². The first-order chi connectivity index (χ1) is 10.1. The maximum Gasteiger partial charge on any atom is 0.191 e. The van der Waals surface area contributed by atoms with Gasteiger partial charge in [-0.1, -0.05) is 13.3 Å². The average molecular weight is 295 g/mol. The second-order valence-electron chi connectivity index (χ2n) is 5.52. The van der Waals surface area contributed by atoms with Crippen LogP contribution < -0.4 is 10.6 Å². The van der Waals surface area contributed by atoms with Gasteiger partial charge in [0.25, 0.3) is 0 Å². The van der Waals surface area contributed by atoms with Crippen LogP contribution in [-0.4, -0.2) is 25.6 Å². The van der Waals surface area contributed by atoms with Crippen molar-refractivity contribution in [2.24, 2.45) is 10.9 Å². The largest absolute Gasteiger partial charge is 0.356 e. The van der Waals surface area contributed by atoms with Crippen LogP contribution in [0.15, 0.2) is 23.2 Å². The molecule has 1 aromatic rings. The smallest absolute Gasteiger partial charge is 0.191 e. The zero-order valence-electron chi connectivity index (χ0n) is 12.6. The number of guanidine groups is 1. The lowest BCUT2D eigenvalue weighted by Crippen LogP contribution is -2.40. The Hall–Kier alpha value is -1.65. The summed E-state index contributed by atoms with van der Waals surface area (Å²) in [6.45, 7) is 2.71. The molecule has 0 aromatic heterocycles. The molecule has 1 aliphatic carbocycles. The highest BCUT2D eigenvalue weighted by molar-refractivity contribution is 5.80. The molecule has 0 saturated heterocycles. The van der Waals surface area contributed by atoms with Gasteiger partial charge in [0, 0.05) is 19.6 Å². The third kappa shape index (κ3) is 4.69. The lowest BCUT2D eigenvalue weighted by molar-refractivity contribution is 0.582. The van der Waals surface area contributed by atoms with E-state index in [4.69, 9.17) is 0 Å². The van der Waals surface area contributed by atoms with Gasteiger partial charge in [0.15, 0.2) is 5.96 Å². The van der Waals surface area contributed by atoms with Crippen LogP contribution in [0.25, 0.3) is 0 Å². The highest BCUT2D eigenvalue weighted by Gasteiger charge is 2.36. The van der Waals surface area contributed by atoms with E-state index in [1.54, 1.807) is 7.05 Å². The zero-order valence-corrected chi connectivity index (χ0v) is 12.6. The van der Waals surface area contributed by atoms with Crippen LogP contribution in [0.5, 0.6) is 0 Å². The molecule has 2 N–H and O–H groups in total. The predicted molar refractivity (Wildman–Crippen MR) is 81.4 cm³/mol. The molecule has 1 saturated carbocycles. The van der Waals surface area contributed by atoms with Gasteiger partial charge in [-0.25, -0.2) is 8.78 Å². The van der Waals surface area contributed by atoms with Crippen LogP contribution in [0.1, 0.15) is 31.7 Å². The van der Waals surface area contributed by atoms with Crippen molar-refractivity contribution in [3.05, 3.63) is 35.4 Å². The second-order valence-corrected chi connectivity index (χ2v) is 5.52. The quantitative estimate of drug-likeness (QED) is 0.625. The standard InChI is InChI=1S/C16H23F2N3/c1-3-4-12-10-15(12)21-16(19-2)20-8-7-11-9-13(17)5-6-14(11)18/h5-6,9,12,15H,3-4,7-8,10H2,1-2H3,(H2,19,20,21). The fourth-order valence-corrected chi connectivity index (χ4v) is 2.53. The Morgan fingerprint density at radius 2 is 2.19 bits per heavy atom. The summed E-state index contributed by atoms with van der Waals surface area (Å²) in [4.78, 5) is 4.16. The molecule has 21 heavy (non-hydrogen) atoms. The Balaban J connectivity index is 1.75.